The summed E-state index contributed by atoms with van der Waals surface area (Å²) in [6.07, 6.45) is 1.78. The number of nitriles is 1. The van der Waals surface area contributed by atoms with Crippen molar-refractivity contribution in [3.63, 3.8) is 0 Å². The van der Waals surface area contributed by atoms with Gasteiger partial charge in [0.1, 0.15) is 11.8 Å². The predicted molar refractivity (Wildman–Crippen MR) is 101 cm³/mol. The van der Waals surface area contributed by atoms with Crippen molar-refractivity contribution in [1.29, 1.82) is 5.26 Å². The van der Waals surface area contributed by atoms with E-state index in [1.54, 1.807) is 12.0 Å². The number of hydrogen-bond acceptors (Lipinski definition) is 4. The lowest BCUT2D eigenvalue weighted by molar-refractivity contribution is -0.148. The minimum absolute atomic E-state index is 0.0128. The van der Waals surface area contributed by atoms with E-state index in [1.165, 1.54) is 0 Å². The molecule has 0 radical (unpaired) electrons. The van der Waals surface area contributed by atoms with E-state index in [0.717, 1.165) is 35.3 Å². The lowest BCUT2D eigenvalue weighted by Gasteiger charge is -2.52. The van der Waals surface area contributed by atoms with Crippen LogP contribution >= 0.6 is 0 Å². The molecule has 4 rings (SSSR count). The maximum absolute atomic E-state index is 12.6. The number of rotatable bonds is 5. The third kappa shape index (κ3) is 2.96. The molecule has 3 atom stereocenters. The number of aliphatic hydroxyl groups is 1. The van der Waals surface area contributed by atoms with Crippen LogP contribution < -0.4 is 4.74 Å². The number of ether oxygens (including phenoxy) is 1. The number of carbonyl (C=O) groups excluding carboxylic acids is 1. The van der Waals surface area contributed by atoms with Crippen molar-refractivity contribution in [2.24, 2.45) is 5.92 Å². The molecule has 2 aromatic rings. The Kier molecular flexibility index (Phi) is 4.59. The molecule has 5 nitrogen and oxygen atoms in total. The molecule has 27 heavy (non-hydrogen) atoms. The van der Waals surface area contributed by atoms with Crippen LogP contribution in [0.1, 0.15) is 24.3 Å². The number of aliphatic hydroxyl groups excluding tert-OH is 1. The molecule has 1 N–H and O–H groups in total. The summed E-state index contributed by atoms with van der Waals surface area (Å²) in [6, 6.07) is 17.1. The number of amides is 1. The van der Waals surface area contributed by atoms with Gasteiger partial charge >= 0.3 is 0 Å². The highest BCUT2D eigenvalue weighted by Gasteiger charge is 2.54. The molecule has 1 saturated heterocycles. The molecule has 0 bridgehead atoms. The highest BCUT2D eigenvalue weighted by Crippen LogP contribution is 2.46. The first kappa shape index (κ1) is 17.6. The van der Waals surface area contributed by atoms with E-state index in [1.807, 2.05) is 48.5 Å². The van der Waals surface area contributed by atoms with E-state index in [-0.39, 0.29) is 30.4 Å². The number of hydrogen-bond donors (Lipinski definition) is 1. The van der Waals surface area contributed by atoms with Crippen LogP contribution in [-0.2, 0) is 4.79 Å². The normalized spacial score (nSPS) is 24.0. The number of carbonyl (C=O) groups is 1. The molecule has 2 aliphatic rings. The van der Waals surface area contributed by atoms with E-state index < -0.39 is 6.04 Å². The van der Waals surface area contributed by atoms with Crippen LogP contribution in [0, 0.1) is 17.2 Å². The fraction of sp³-hybridized carbons (Fsp3) is 0.364. The Hall–Kier alpha value is -2.84. The number of methoxy groups -OCH3 is 1. The molecule has 2 aromatic carbocycles. The summed E-state index contributed by atoms with van der Waals surface area (Å²) in [6.45, 7) is -0.141. The fourth-order valence-corrected chi connectivity index (χ4v) is 4.05. The molecule has 1 amide bonds. The quantitative estimate of drug-likeness (QED) is 0.887. The first-order valence-corrected chi connectivity index (χ1v) is 9.25. The van der Waals surface area contributed by atoms with Crippen LogP contribution in [0.5, 0.6) is 5.75 Å². The lowest BCUT2D eigenvalue weighted by atomic mass is 9.73. The molecule has 138 valence electrons. The van der Waals surface area contributed by atoms with E-state index in [0.29, 0.717) is 0 Å². The standard InChI is InChI=1S/C22H22N2O3/c1-27-16-10-8-14(9-11-16)17-4-2-3-5-18(17)21-19(12-23)24(20(21)13-25)22(26)15-6-7-15/h2-5,8-11,15,19-21,25H,6-7,13H2,1H3/t19-,20+,21-/m0/s1. The Morgan fingerprint density at radius 1 is 1.22 bits per heavy atom. The summed E-state index contributed by atoms with van der Waals surface area (Å²) in [4.78, 5) is 14.2. The Bertz CT molecular complexity index is 883. The fourth-order valence-electron chi connectivity index (χ4n) is 4.05. The minimum atomic E-state index is -0.533. The maximum Gasteiger partial charge on any atom is 0.227 e. The molecule has 0 unspecified atom stereocenters. The summed E-state index contributed by atoms with van der Waals surface area (Å²) in [7, 11) is 1.63. The highest BCUT2D eigenvalue weighted by molar-refractivity contribution is 5.84. The zero-order chi connectivity index (χ0) is 19.0. The second-order valence-electron chi connectivity index (χ2n) is 7.19. The smallest absolute Gasteiger partial charge is 0.227 e. The average Bonchev–Trinajstić information content (AvgIpc) is 3.54. The largest absolute Gasteiger partial charge is 0.497 e. The van der Waals surface area contributed by atoms with Crippen LogP contribution in [0.2, 0.25) is 0 Å². The second-order valence-corrected chi connectivity index (χ2v) is 7.19. The van der Waals surface area contributed by atoms with Crippen molar-refractivity contribution in [1.82, 2.24) is 4.90 Å². The van der Waals surface area contributed by atoms with Gasteiger partial charge in [0.15, 0.2) is 0 Å². The zero-order valence-corrected chi connectivity index (χ0v) is 15.2. The number of nitrogens with zero attached hydrogens (tertiary/aromatic N) is 2. The summed E-state index contributed by atoms with van der Waals surface area (Å²) < 4.78 is 5.23. The van der Waals surface area contributed by atoms with Crippen molar-refractivity contribution in [2.45, 2.75) is 30.8 Å². The van der Waals surface area contributed by atoms with Gasteiger partial charge in [0.05, 0.1) is 25.8 Å². The van der Waals surface area contributed by atoms with Gasteiger partial charge in [-0.25, -0.2) is 0 Å². The Balaban J connectivity index is 1.70. The van der Waals surface area contributed by atoms with Gasteiger partial charge in [-0.05, 0) is 41.7 Å². The van der Waals surface area contributed by atoms with E-state index in [9.17, 15) is 15.2 Å². The van der Waals surface area contributed by atoms with E-state index >= 15 is 0 Å². The summed E-state index contributed by atoms with van der Waals surface area (Å²) in [5.41, 5.74) is 3.03. The van der Waals surface area contributed by atoms with Crippen molar-refractivity contribution in [3.05, 3.63) is 54.1 Å². The third-order valence-corrected chi connectivity index (χ3v) is 5.63. The van der Waals surface area contributed by atoms with Gasteiger partial charge in [-0.3, -0.25) is 4.79 Å². The molecular weight excluding hydrogens is 340 g/mol. The van der Waals surface area contributed by atoms with E-state index in [2.05, 4.69) is 6.07 Å². The average molecular weight is 362 g/mol. The van der Waals surface area contributed by atoms with Gasteiger partial charge in [0, 0.05) is 11.8 Å². The van der Waals surface area contributed by atoms with Crippen LogP contribution in [-0.4, -0.2) is 41.7 Å². The molecule has 0 spiro atoms. The predicted octanol–water partition coefficient (Wildman–Crippen LogP) is 2.95. The summed E-state index contributed by atoms with van der Waals surface area (Å²) in [5.74, 6) is 0.636. The molecule has 1 aliphatic heterocycles. The Morgan fingerprint density at radius 3 is 2.52 bits per heavy atom. The molecular formula is C22H22N2O3. The molecule has 1 saturated carbocycles. The van der Waals surface area contributed by atoms with Gasteiger partial charge < -0.3 is 14.7 Å². The lowest BCUT2D eigenvalue weighted by Crippen LogP contribution is -2.65. The summed E-state index contributed by atoms with van der Waals surface area (Å²) >= 11 is 0. The second kappa shape index (κ2) is 7.05. The van der Waals surface area contributed by atoms with Gasteiger partial charge in [-0.2, -0.15) is 5.26 Å². The van der Waals surface area contributed by atoms with Gasteiger partial charge in [0.2, 0.25) is 5.91 Å². The van der Waals surface area contributed by atoms with Crippen LogP contribution in [0.4, 0.5) is 0 Å². The first-order valence-electron chi connectivity index (χ1n) is 9.25. The number of likely N-dealkylation sites (tertiary alicyclic amines) is 1. The first-order chi connectivity index (χ1) is 13.2. The van der Waals surface area contributed by atoms with Crippen LogP contribution in [0.3, 0.4) is 0 Å². The molecule has 5 heteroatoms. The van der Waals surface area contributed by atoms with Crippen molar-refractivity contribution >= 4 is 5.91 Å². The Morgan fingerprint density at radius 2 is 1.93 bits per heavy atom. The van der Waals surface area contributed by atoms with Crippen LogP contribution in [0.15, 0.2) is 48.5 Å². The topological polar surface area (TPSA) is 73.6 Å². The molecule has 2 fully saturated rings. The van der Waals surface area contributed by atoms with Gasteiger partial charge in [0.25, 0.3) is 0 Å². The third-order valence-electron chi connectivity index (χ3n) is 5.63. The summed E-state index contributed by atoms with van der Waals surface area (Å²) in [5, 5.41) is 19.7. The highest BCUT2D eigenvalue weighted by atomic mass is 16.5. The molecule has 0 aromatic heterocycles. The van der Waals surface area contributed by atoms with Crippen molar-refractivity contribution < 1.29 is 14.6 Å². The zero-order valence-electron chi connectivity index (χ0n) is 15.2. The van der Waals surface area contributed by atoms with Gasteiger partial charge in [-0.1, -0.05) is 36.4 Å². The van der Waals surface area contributed by atoms with Crippen molar-refractivity contribution in [2.75, 3.05) is 13.7 Å². The SMILES string of the molecule is COc1ccc(-c2ccccc2[C@@H]2[C@@H](CO)N(C(=O)C3CC3)[C@H]2C#N)cc1. The number of benzene rings is 2. The van der Waals surface area contributed by atoms with Crippen LogP contribution in [0.25, 0.3) is 11.1 Å². The monoisotopic (exact) mass is 362 g/mol. The molecule has 1 aliphatic carbocycles. The minimum Gasteiger partial charge on any atom is -0.497 e. The van der Waals surface area contributed by atoms with Gasteiger partial charge in [-0.15, -0.1) is 0 Å². The Labute approximate surface area is 158 Å². The molecule has 1 heterocycles. The van der Waals surface area contributed by atoms with Crippen molar-refractivity contribution in [3.8, 4) is 22.9 Å². The maximum atomic E-state index is 12.6. The van der Waals surface area contributed by atoms with E-state index in [4.69, 9.17) is 4.74 Å².